The highest BCUT2D eigenvalue weighted by atomic mass is 32.1. The van der Waals surface area contributed by atoms with E-state index < -0.39 is 0 Å². The Bertz CT molecular complexity index is 1460. The summed E-state index contributed by atoms with van der Waals surface area (Å²) in [5, 5.41) is 4.37. The second-order valence-electron chi connectivity index (χ2n) is 9.85. The molecule has 0 unspecified atom stereocenters. The average Bonchev–Trinajstić information content (AvgIpc) is 3.41. The first-order valence-electron chi connectivity index (χ1n) is 14.2. The van der Waals surface area contributed by atoms with Crippen molar-refractivity contribution in [2.24, 2.45) is 0 Å². The van der Waals surface area contributed by atoms with Crippen molar-refractivity contribution in [3.63, 3.8) is 0 Å². The molecule has 4 aromatic rings. The lowest BCUT2D eigenvalue weighted by atomic mass is 9.99. The zero-order valence-corrected chi connectivity index (χ0v) is 24.6. The maximum absolute atomic E-state index is 13.7. The number of esters is 1. The number of piperidine rings is 1. The van der Waals surface area contributed by atoms with Crippen molar-refractivity contribution in [1.29, 1.82) is 0 Å². The molecule has 5 rings (SSSR count). The number of hydrogen-bond donors (Lipinski definition) is 1. The molecule has 0 bridgehead atoms. The standard InChI is InChI=1S/C32H36FN3O4S/c1-4-38-27-17-21(18-28(39-5-2)30(27)22-7-10-24(33)11-8-22)20-36(25-13-15-34-16-14-25)32-35-26-12-9-23(19-29(26)41-32)31(37)40-6-3/h7-12,17-19,25,34H,4-6,13-16,20H2,1-3H3. The molecule has 2 heterocycles. The van der Waals surface area contributed by atoms with Crippen LogP contribution in [0.3, 0.4) is 0 Å². The fourth-order valence-corrected chi connectivity index (χ4v) is 6.30. The first-order chi connectivity index (χ1) is 20.0. The molecule has 0 radical (unpaired) electrons. The van der Waals surface area contributed by atoms with Gasteiger partial charge in [-0.3, -0.25) is 0 Å². The number of aromatic nitrogens is 1. The number of hydrogen-bond acceptors (Lipinski definition) is 8. The van der Waals surface area contributed by atoms with Crippen molar-refractivity contribution in [2.75, 3.05) is 37.8 Å². The lowest BCUT2D eigenvalue weighted by Gasteiger charge is -2.35. The molecule has 1 fully saturated rings. The summed E-state index contributed by atoms with van der Waals surface area (Å²) in [5.74, 6) is 0.791. The molecular formula is C32H36FN3O4S. The van der Waals surface area contributed by atoms with Gasteiger partial charge in [0.1, 0.15) is 17.3 Å². The lowest BCUT2D eigenvalue weighted by Crippen LogP contribution is -2.43. The number of ether oxygens (including phenoxy) is 3. The fraction of sp³-hybridized carbons (Fsp3) is 0.375. The van der Waals surface area contributed by atoms with Gasteiger partial charge in [0.15, 0.2) is 5.13 Å². The van der Waals surface area contributed by atoms with Gasteiger partial charge < -0.3 is 24.4 Å². The molecule has 1 aliphatic heterocycles. The Morgan fingerprint density at radius 3 is 2.29 bits per heavy atom. The molecule has 41 heavy (non-hydrogen) atoms. The summed E-state index contributed by atoms with van der Waals surface area (Å²) in [6.07, 6.45) is 1.99. The van der Waals surface area contributed by atoms with Crippen LogP contribution in [0.4, 0.5) is 9.52 Å². The summed E-state index contributed by atoms with van der Waals surface area (Å²) < 4.78 is 32.1. The van der Waals surface area contributed by atoms with Crippen molar-refractivity contribution in [1.82, 2.24) is 10.3 Å². The zero-order chi connectivity index (χ0) is 28.8. The number of halogens is 1. The first-order valence-corrected chi connectivity index (χ1v) is 15.1. The van der Waals surface area contributed by atoms with Gasteiger partial charge in [-0.05, 0) is 100 Å². The van der Waals surface area contributed by atoms with Gasteiger partial charge in [-0.15, -0.1) is 0 Å². The van der Waals surface area contributed by atoms with E-state index in [9.17, 15) is 9.18 Å². The van der Waals surface area contributed by atoms with Crippen LogP contribution in [0.5, 0.6) is 11.5 Å². The molecule has 0 aliphatic carbocycles. The van der Waals surface area contributed by atoms with Crippen LogP contribution in [0.1, 0.15) is 49.5 Å². The van der Waals surface area contributed by atoms with E-state index in [-0.39, 0.29) is 11.8 Å². The zero-order valence-electron chi connectivity index (χ0n) is 23.7. The Morgan fingerprint density at radius 2 is 1.66 bits per heavy atom. The minimum atomic E-state index is -0.326. The molecule has 0 atom stereocenters. The molecule has 1 N–H and O–H groups in total. The van der Waals surface area contributed by atoms with E-state index in [2.05, 4.69) is 22.3 Å². The van der Waals surface area contributed by atoms with Gasteiger partial charge in [-0.25, -0.2) is 14.2 Å². The minimum absolute atomic E-state index is 0.288. The fourth-order valence-electron chi connectivity index (χ4n) is 5.22. The van der Waals surface area contributed by atoms with Gasteiger partial charge >= 0.3 is 5.97 Å². The molecule has 3 aromatic carbocycles. The molecule has 7 nitrogen and oxygen atoms in total. The number of nitrogens with one attached hydrogen (secondary N) is 1. The normalized spacial score (nSPS) is 13.8. The molecule has 0 spiro atoms. The summed E-state index contributed by atoms with van der Waals surface area (Å²) in [6.45, 7) is 9.51. The van der Waals surface area contributed by atoms with Crippen molar-refractivity contribution in [3.8, 4) is 22.6 Å². The maximum Gasteiger partial charge on any atom is 0.338 e. The van der Waals surface area contributed by atoms with Crippen LogP contribution < -0.4 is 19.7 Å². The third kappa shape index (κ3) is 6.63. The predicted molar refractivity (Wildman–Crippen MR) is 162 cm³/mol. The second kappa shape index (κ2) is 13.3. The second-order valence-corrected chi connectivity index (χ2v) is 10.9. The third-order valence-electron chi connectivity index (χ3n) is 7.09. The van der Waals surface area contributed by atoms with E-state index in [4.69, 9.17) is 19.2 Å². The predicted octanol–water partition coefficient (Wildman–Crippen LogP) is 6.84. The molecule has 1 aromatic heterocycles. The van der Waals surface area contributed by atoms with Gasteiger partial charge in [-0.2, -0.15) is 0 Å². The monoisotopic (exact) mass is 577 g/mol. The Hall–Kier alpha value is -3.69. The van der Waals surface area contributed by atoms with Crippen LogP contribution in [-0.4, -0.2) is 49.9 Å². The molecule has 1 aliphatic rings. The lowest BCUT2D eigenvalue weighted by molar-refractivity contribution is 0.0526. The van der Waals surface area contributed by atoms with E-state index in [0.717, 1.165) is 58.0 Å². The Balaban J connectivity index is 1.55. The number of rotatable bonds is 11. The quantitative estimate of drug-likeness (QED) is 0.196. The van der Waals surface area contributed by atoms with Gasteiger partial charge in [-0.1, -0.05) is 23.5 Å². The van der Waals surface area contributed by atoms with Crippen LogP contribution in [0.25, 0.3) is 21.3 Å². The first kappa shape index (κ1) is 28.8. The summed E-state index contributed by atoms with van der Waals surface area (Å²) in [4.78, 5) is 19.7. The topological polar surface area (TPSA) is 72.9 Å². The highest BCUT2D eigenvalue weighted by Gasteiger charge is 2.26. The van der Waals surface area contributed by atoms with Crippen LogP contribution in [0, 0.1) is 5.82 Å². The number of carbonyl (C=O) groups is 1. The Morgan fingerprint density at radius 1 is 0.976 bits per heavy atom. The largest absolute Gasteiger partial charge is 0.493 e. The Labute approximate surface area is 244 Å². The highest BCUT2D eigenvalue weighted by molar-refractivity contribution is 7.22. The molecule has 9 heteroatoms. The van der Waals surface area contributed by atoms with E-state index in [1.807, 2.05) is 26.0 Å². The van der Waals surface area contributed by atoms with Gasteiger partial charge in [0.25, 0.3) is 0 Å². The summed E-state index contributed by atoms with van der Waals surface area (Å²) in [5.41, 5.74) is 4.07. The van der Waals surface area contributed by atoms with Crippen LogP contribution >= 0.6 is 11.3 Å². The number of fused-ring (bicyclic) bond motifs is 1. The molecule has 216 valence electrons. The number of carbonyl (C=O) groups excluding carboxylic acids is 1. The van der Waals surface area contributed by atoms with Gasteiger partial charge in [0.05, 0.1) is 41.2 Å². The number of thiazole rings is 1. The number of nitrogens with zero attached hydrogens (tertiary/aromatic N) is 2. The van der Waals surface area contributed by atoms with E-state index in [1.165, 1.54) is 12.1 Å². The average molecular weight is 578 g/mol. The van der Waals surface area contributed by atoms with Crippen molar-refractivity contribution in [2.45, 2.75) is 46.2 Å². The van der Waals surface area contributed by atoms with E-state index in [1.54, 1.807) is 36.5 Å². The SMILES string of the molecule is CCOC(=O)c1ccc2nc(N(Cc3cc(OCC)c(-c4ccc(F)cc4)c(OCC)c3)C3CCNCC3)sc2c1. The van der Waals surface area contributed by atoms with Crippen LogP contribution in [0.15, 0.2) is 54.6 Å². The van der Waals surface area contributed by atoms with Crippen LogP contribution in [-0.2, 0) is 11.3 Å². The minimum Gasteiger partial charge on any atom is -0.493 e. The molecule has 0 saturated carbocycles. The van der Waals surface area contributed by atoms with Gasteiger partial charge in [0, 0.05) is 12.6 Å². The number of benzene rings is 3. The molecule has 0 amide bonds. The highest BCUT2D eigenvalue weighted by Crippen LogP contribution is 2.41. The van der Waals surface area contributed by atoms with E-state index in [0.29, 0.717) is 49.5 Å². The summed E-state index contributed by atoms with van der Waals surface area (Å²) >= 11 is 1.59. The number of anilines is 1. The molecule has 1 saturated heterocycles. The van der Waals surface area contributed by atoms with Crippen molar-refractivity contribution >= 4 is 32.7 Å². The van der Waals surface area contributed by atoms with Crippen molar-refractivity contribution < 1.29 is 23.4 Å². The maximum atomic E-state index is 13.7. The summed E-state index contributed by atoms with van der Waals surface area (Å²) in [6, 6.07) is 16.4. The van der Waals surface area contributed by atoms with Crippen LogP contribution in [0.2, 0.25) is 0 Å². The van der Waals surface area contributed by atoms with Crippen molar-refractivity contribution in [3.05, 3.63) is 71.5 Å². The smallest absolute Gasteiger partial charge is 0.338 e. The summed E-state index contributed by atoms with van der Waals surface area (Å²) in [7, 11) is 0. The third-order valence-corrected chi connectivity index (χ3v) is 8.15. The van der Waals surface area contributed by atoms with E-state index >= 15 is 0 Å². The van der Waals surface area contributed by atoms with Gasteiger partial charge in [0.2, 0.25) is 0 Å². The Kier molecular flexibility index (Phi) is 9.36. The molecular weight excluding hydrogens is 541 g/mol.